The summed E-state index contributed by atoms with van der Waals surface area (Å²) in [7, 11) is 0. The van der Waals surface area contributed by atoms with E-state index in [0.717, 1.165) is 24.3 Å². The maximum atomic E-state index is 12.4. The molecule has 11 heteroatoms. The van der Waals surface area contributed by atoms with E-state index in [1.54, 1.807) is 18.2 Å². The van der Waals surface area contributed by atoms with Crippen molar-refractivity contribution < 1.29 is 50.5 Å². The Morgan fingerprint density at radius 1 is 0.743 bits per heavy atom. The molecule has 0 saturated heterocycles. The lowest BCUT2D eigenvalue weighted by Crippen LogP contribution is -2.17. The first kappa shape index (κ1) is 25.7. The maximum Gasteiger partial charge on any atom is 0.573 e. The third kappa shape index (κ3) is 8.43. The molecule has 0 aliphatic heterocycles. The lowest BCUT2D eigenvalue weighted by Gasteiger charge is -2.14. The van der Waals surface area contributed by atoms with Crippen molar-refractivity contribution in [3.8, 4) is 28.4 Å². The summed E-state index contributed by atoms with van der Waals surface area (Å²) in [6.45, 7) is -0.00477. The van der Waals surface area contributed by atoms with Crippen molar-refractivity contribution in [2.45, 2.75) is 32.2 Å². The van der Waals surface area contributed by atoms with Crippen LogP contribution in [0.15, 0.2) is 66.7 Å². The summed E-state index contributed by atoms with van der Waals surface area (Å²) >= 11 is 0. The second kappa shape index (κ2) is 10.6. The smallest absolute Gasteiger partial charge is 0.489 e. The zero-order valence-electron chi connectivity index (χ0n) is 17.8. The summed E-state index contributed by atoms with van der Waals surface area (Å²) in [6.07, 6.45) is -9.69. The largest absolute Gasteiger partial charge is 0.573 e. The molecule has 3 rings (SSSR count). The van der Waals surface area contributed by atoms with Gasteiger partial charge in [0.1, 0.15) is 23.9 Å². The Balaban J connectivity index is 1.76. The zero-order valence-corrected chi connectivity index (χ0v) is 17.8. The topological polar surface area (TPSA) is 65.0 Å². The van der Waals surface area contributed by atoms with Gasteiger partial charge in [0.2, 0.25) is 0 Å². The van der Waals surface area contributed by atoms with Gasteiger partial charge in [0.25, 0.3) is 0 Å². The van der Waals surface area contributed by atoms with Crippen molar-refractivity contribution in [3.05, 3.63) is 77.9 Å². The van der Waals surface area contributed by atoms with Crippen molar-refractivity contribution in [1.82, 2.24) is 0 Å². The molecule has 186 valence electrons. The Morgan fingerprint density at radius 2 is 1.26 bits per heavy atom. The Labute approximate surface area is 195 Å². The van der Waals surface area contributed by atoms with E-state index in [2.05, 4.69) is 9.47 Å². The van der Waals surface area contributed by atoms with Gasteiger partial charge in [-0.3, -0.25) is 4.79 Å². The molecule has 1 N–H and O–H groups in total. The van der Waals surface area contributed by atoms with Gasteiger partial charge in [0.05, 0.1) is 0 Å². The highest BCUT2D eigenvalue weighted by atomic mass is 19.4. The Hall–Kier alpha value is -3.89. The highest BCUT2D eigenvalue weighted by molar-refractivity contribution is 5.69. The van der Waals surface area contributed by atoms with Crippen LogP contribution in [0.1, 0.15) is 17.5 Å². The number of aryl methyl sites for hydroxylation is 1. The van der Waals surface area contributed by atoms with Gasteiger partial charge in [-0.25, -0.2) is 0 Å². The van der Waals surface area contributed by atoms with Crippen molar-refractivity contribution >= 4 is 5.97 Å². The highest BCUT2D eigenvalue weighted by Crippen LogP contribution is 2.31. The van der Waals surface area contributed by atoms with Gasteiger partial charge in [-0.2, -0.15) is 0 Å². The number of hydrogen-bond donors (Lipinski definition) is 1. The minimum atomic E-state index is -4.81. The number of rotatable bonds is 9. The average molecular weight is 500 g/mol. The number of carboxylic acids is 1. The maximum absolute atomic E-state index is 12.4. The number of aliphatic carboxylic acids is 1. The molecule has 3 aromatic rings. The molecule has 0 spiro atoms. The van der Waals surface area contributed by atoms with Crippen LogP contribution in [0.2, 0.25) is 0 Å². The van der Waals surface area contributed by atoms with E-state index in [-0.39, 0.29) is 30.9 Å². The highest BCUT2D eigenvalue weighted by Gasteiger charge is 2.31. The molecule has 0 aliphatic rings. The van der Waals surface area contributed by atoms with Crippen molar-refractivity contribution in [2.75, 3.05) is 0 Å². The summed E-state index contributed by atoms with van der Waals surface area (Å²) in [5.41, 5.74) is 2.28. The number of ether oxygens (including phenoxy) is 3. The van der Waals surface area contributed by atoms with Crippen LogP contribution in [0.3, 0.4) is 0 Å². The summed E-state index contributed by atoms with van der Waals surface area (Å²) in [6, 6.07) is 15.2. The van der Waals surface area contributed by atoms with E-state index in [0.29, 0.717) is 28.0 Å². The van der Waals surface area contributed by atoms with Gasteiger partial charge in [0.15, 0.2) is 0 Å². The van der Waals surface area contributed by atoms with Gasteiger partial charge < -0.3 is 19.3 Å². The first-order chi connectivity index (χ1) is 16.4. The Bertz CT molecular complexity index is 1140. The minimum absolute atomic E-state index is 0.00477. The van der Waals surface area contributed by atoms with Gasteiger partial charge >= 0.3 is 18.7 Å². The van der Waals surface area contributed by atoms with E-state index < -0.39 is 18.7 Å². The molecule has 35 heavy (non-hydrogen) atoms. The molecule has 0 heterocycles. The summed E-state index contributed by atoms with van der Waals surface area (Å²) < 4.78 is 87.4. The standard InChI is InChI=1S/C24H18F6O5/c25-23(26,27)34-19-7-1-15(2-8-19)14-33-21-11-5-17(13-18(21)6-12-22(31)32)16-3-9-20(10-4-16)35-24(28,29)30/h1-5,7-11,13H,6,12,14H2,(H,31,32). The third-order valence-corrected chi connectivity index (χ3v) is 4.64. The summed E-state index contributed by atoms with van der Waals surface area (Å²) in [5, 5.41) is 9.05. The van der Waals surface area contributed by atoms with Gasteiger partial charge in [0, 0.05) is 6.42 Å². The van der Waals surface area contributed by atoms with E-state index in [1.165, 1.54) is 24.3 Å². The van der Waals surface area contributed by atoms with Gasteiger partial charge in [-0.15, -0.1) is 26.3 Å². The molecule has 5 nitrogen and oxygen atoms in total. The molecule has 0 aliphatic carbocycles. The molecule has 0 radical (unpaired) electrons. The number of alkyl halides is 6. The molecular formula is C24H18F6O5. The summed E-state index contributed by atoms with van der Waals surface area (Å²) in [5.74, 6) is -1.42. The fourth-order valence-electron chi connectivity index (χ4n) is 3.13. The fourth-order valence-corrected chi connectivity index (χ4v) is 3.13. The van der Waals surface area contributed by atoms with Crippen LogP contribution in [0, 0.1) is 0 Å². The second-order valence-corrected chi connectivity index (χ2v) is 7.27. The number of halogens is 6. The van der Waals surface area contributed by atoms with Crippen LogP contribution in [0.25, 0.3) is 11.1 Å². The van der Waals surface area contributed by atoms with E-state index in [9.17, 15) is 31.1 Å². The van der Waals surface area contributed by atoms with Crippen LogP contribution in [0.5, 0.6) is 17.2 Å². The van der Waals surface area contributed by atoms with Crippen LogP contribution in [-0.4, -0.2) is 23.8 Å². The Kier molecular flexibility index (Phi) is 7.78. The quantitative estimate of drug-likeness (QED) is 0.330. The molecular weight excluding hydrogens is 482 g/mol. The lowest BCUT2D eigenvalue weighted by molar-refractivity contribution is -0.275. The molecule has 0 saturated carbocycles. The predicted octanol–water partition coefficient (Wildman–Crippen LogP) is 6.75. The van der Waals surface area contributed by atoms with Crippen LogP contribution >= 0.6 is 0 Å². The van der Waals surface area contributed by atoms with E-state index in [4.69, 9.17) is 9.84 Å². The number of benzene rings is 3. The van der Waals surface area contributed by atoms with E-state index in [1.807, 2.05) is 0 Å². The fraction of sp³-hybridized carbons (Fsp3) is 0.208. The first-order valence-electron chi connectivity index (χ1n) is 10.1. The molecule has 3 aromatic carbocycles. The zero-order chi connectivity index (χ0) is 25.6. The average Bonchev–Trinajstić information content (AvgIpc) is 2.76. The Morgan fingerprint density at radius 3 is 1.77 bits per heavy atom. The molecule has 0 bridgehead atoms. The molecule has 0 unspecified atom stereocenters. The molecule has 0 atom stereocenters. The first-order valence-corrected chi connectivity index (χ1v) is 10.1. The van der Waals surface area contributed by atoms with E-state index >= 15 is 0 Å². The lowest BCUT2D eigenvalue weighted by atomic mass is 10.00. The molecule has 0 fully saturated rings. The SMILES string of the molecule is O=C(O)CCc1cc(-c2ccc(OC(F)(F)F)cc2)ccc1OCc1ccc(OC(F)(F)F)cc1. The van der Waals surface area contributed by atoms with Crippen LogP contribution in [-0.2, 0) is 17.8 Å². The third-order valence-electron chi connectivity index (χ3n) is 4.64. The normalized spacial score (nSPS) is 11.7. The number of hydrogen-bond acceptors (Lipinski definition) is 4. The summed E-state index contributed by atoms with van der Waals surface area (Å²) in [4.78, 5) is 11.1. The van der Waals surface area contributed by atoms with Gasteiger partial charge in [-0.1, -0.05) is 30.3 Å². The predicted molar refractivity (Wildman–Crippen MR) is 112 cm³/mol. The van der Waals surface area contributed by atoms with Crippen molar-refractivity contribution in [3.63, 3.8) is 0 Å². The minimum Gasteiger partial charge on any atom is -0.489 e. The molecule has 0 aromatic heterocycles. The molecule has 0 amide bonds. The van der Waals surface area contributed by atoms with Crippen LogP contribution in [0.4, 0.5) is 26.3 Å². The van der Waals surface area contributed by atoms with Gasteiger partial charge in [-0.05, 0) is 65.1 Å². The monoisotopic (exact) mass is 500 g/mol. The number of carbonyl (C=O) groups is 1. The van der Waals surface area contributed by atoms with Crippen molar-refractivity contribution in [2.24, 2.45) is 0 Å². The number of carboxylic acid groups (broad SMARTS) is 1. The second-order valence-electron chi connectivity index (χ2n) is 7.27. The van der Waals surface area contributed by atoms with Crippen molar-refractivity contribution in [1.29, 1.82) is 0 Å². The van der Waals surface area contributed by atoms with Crippen LogP contribution < -0.4 is 14.2 Å².